The highest BCUT2D eigenvalue weighted by molar-refractivity contribution is 8.00. The highest BCUT2D eigenvalue weighted by Gasteiger charge is 2.18. The highest BCUT2D eigenvalue weighted by atomic mass is 32.2. The van der Waals surface area contributed by atoms with Gasteiger partial charge >= 0.3 is 0 Å². The maximum absolute atomic E-state index is 12.9. The summed E-state index contributed by atoms with van der Waals surface area (Å²) in [5.41, 5.74) is 3.80. The molecule has 0 saturated carbocycles. The predicted octanol–water partition coefficient (Wildman–Crippen LogP) is 6.60. The lowest BCUT2D eigenvalue weighted by Gasteiger charge is -2.13. The molecule has 1 N–H and O–H groups in total. The van der Waals surface area contributed by atoms with Gasteiger partial charge in [0.25, 0.3) is 5.91 Å². The Morgan fingerprint density at radius 3 is 2.03 bits per heavy atom. The van der Waals surface area contributed by atoms with Gasteiger partial charge in [-0.1, -0.05) is 66.7 Å². The van der Waals surface area contributed by atoms with Crippen LogP contribution in [0.1, 0.15) is 20.7 Å². The number of rotatable bonds is 9. The number of benzene rings is 4. The molecule has 0 unspecified atom stereocenters. The number of methoxy groups -OCH3 is 2. The number of ketones is 1. The average Bonchev–Trinajstić information content (AvgIpc) is 2.92. The lowest BCUT2D eigenvalue weighted by Crippen LogP contribution is -2.14. The molecular formula is C29H25NO4S. The number of ether oxygens (including phenoxy) is 2. The molecule has 0 radical (unpaired) electrons. The van der Waals surface area contributed by atoms with Gasteiger partial charge in [-0.15, -0.1) is 11.8 Å². The first-order chi connectivity index (χ1) is 17.1. The molecule has 4 aromatic carbocycles. The number of amides is 1. The normalized spacial score (nSPS) is 10.5. The first-order valence-electron chi connectivity index (χ1n) is 11.0. The van der Waals surface area contributed by atoms with Crippen molar-refractivity contribution in [3.8, 4) is 22.6 Å². The van der Waals surface area contributed by atoms with E-state index in [0.717, 1.165) is 16.0 Å². The molecule has 176 valence electrons. The van der Waals surface area contributed by atoms with E-state index in [2.05, 4.69) is 5.32 Å². The van der Waals surface area contributed by atoms with Crippen molar-refractivity contribution in [1.82, 2.24) is 0 Å². The van der Waals surface area contributed by atoms with E-state index in [-0.39, 0.29) is 11.7 Å². The van der Waals surface area contributed by atoms with E-state index in [1.54, 1.807) is 24.3 Å². The second-order valence-corrected chi connectivity index (χ2v) is 8.72. The van der Waals surface area contributed by atoms with Crippen molar-refractivity contribution in [1.29, 1.82) is 0 Å². The Kier molecular flexibility index (Phi) is 7.85. The first-order valence-corrected chi connectivity index (χ1v) is 12.0. The molecule has 0 aliphatic carbocycles. The summed E-state index contributed by atoms with van der Waals surface area (Å²) in [4.78, 5) is 26.5. The fraction of sp³-hybridized carbons (Fsp3) is 0.103. The van der Waals surface area contributed by atoms with Gasteiger partial charge in [0, 0.05) is 16.1 Å². The van der Waals surface area contributed by atoms with E-state index in [4.69, 9.17) is 9.47 Å². The molecular weight excluding hydrogens is 458 g/mol. The summed E-state index contributed by atoms with van der Waals surface area (Å²) in [7, 11) is 3.02. The summed E-state index contributed by atoms with van der Waals surface area (Å²) in [6.45, 7) is 0. The lowest BCUT2D eigenvalue weighted by atomic mass is 10.0. The van der Waals surface area contributed by atoms with Gasteiger partial charge < -0.3 is 14.8 Å². The smallest absolute Gasteiger partial charge is 0.263 e. The van der Waals surface area contributed by atoms with Crippen LogP contribution in [0.4, 0.5) is 5.69 Å². The Morgan fingerprint density at radius 1 is 0.743 bits per heavy atom. The molecule has 5 nitrogen and oxygen atoms in total. The standard InChI is InChI=1S/C29H25NO4S/c1-33-26-12-7-13-27(34-2)28(26)29(32)30-23-10-6-11-24(18-23)35-19-25(31)22-16-14-21(15-17-22)20-8-4-3-5-9-20/h3-18H,19H2,1-2H3,(H,30,32). The number of hydrogen-bond acceptors (Lipinski definition) is 5. The van der Waals surface area contributed by atoms with Gasteiger partial charge in [0.2, 0.25) is 0 Å². The monoisotopic (exact) mass is 483 g/mol. The molecule has 1 amide bonds. The van der Waals surface area contributed by atoms with E-state index in [9.17, 15) is 9.59 Å². The fourth-order valence-corrected chi connectivity index (χ4v) is 4.49. The molecule has 0 heterocycles. The van der Waals surface area contributed by atoms with Crippen molar-refractivity contribution < 1.29 is 19.1 Å². The van der Waals surface area contributed by atoms with Gasteiger partial charge in [-0.25, -0.2) is 0 Å². The Balaban J connectivity index is 1.40. The minimum atomic E-state index is -0.337. The Morgan fingerprint density at radius 2 is 1.37 bits per heavy atom. The predicted molar refractivity (Wildman–Crippen MR) is 141 cm³/mol. The molecule has 4 rings (SSSR count). The molecule has 0 saturated heterocycles. The van der Waals surface area contributed by atoms with Gasteiger partial charge in [0.05, 0.1) is 20.0 Å². The third kappa shape index (κ3) is 5.91. The maximum atomic E-state index is 12.9. The third-order valence-corrected chi connectivity index (χ3v) is 6.42. The number of anilines is 1. The molecule has 6 heteroatoms. The van der Waals surface area contributed by atoms with Crippen molar-refractivity contribution in [3.05, 3.63) is 108 Å². The van der Waals surface area contributed by atoms with Gasteiger partial charge in [-0.2, -0.15) is 0 Å². The Bertz CT molecular complexity index is 1300. The average molecular weight is 484 g/mol. The second-order valence-electron chi connectivity index (χ2n) is 7.67. The molecule has 4 aromatic rings. The molecule has 0 fully saturated rings. The minimum Gasteiger partial charge on any atom is -0.496 e. The van der Waals surface area contributed by atoms with E-state index in [1.807, 2.05) is 72.8 Å². The van der Waals surface area contributed by atoms with Crippen molar-refractivity contribution in [2.24, 2.45) is 0 Å². The SMILES string of the molecule is COc1cccc(OC)c1C(=O)Nc1cccc(SCC(=O)c2ccc(-c3ccccc3)cc2)c1. The van der Waals surface area contributed by atoms with E-state index in [0.29, 0.717) is 34.1 Å². The summed E-state index contributed by atoms with van der Waals surface area (Å²) in [6.07, 6.45) is 0. The van der Waals surface area contributed by atoms with Crippen molar-refractivity contribution in [2.45, 2.75) is 4.90 Å². The zero-order valence-corrected chi connectivity index (χ0v) is 20.3. The van der Waals surface area contributed by atoms with E-state index >= 15 is 0 Å². The van der Waals surface area contributed by atoms with Gasteiger partial charge in [0.15, 0.2) is 5.78 Å². The van der Waals surface area contributed by atoms with Gasteiger partial charge in [-0.05, 0) is 41.5 Å². The van der Waals surface area contributed by atoms with Crippen LogP contribution in [0.25, 0.3) is 11.1 Å². The van der Waals surface area contributed by atoms with Crippen molar-refractivity contribution >= 4 is 29.1 Å². The van der Waals surface area contributed by atoms with E-state index in [1.165, 1.54) is 26.0 Å². The number of thioether (sulfide) groups is 1. The largest absolute Gasteiger partial charge is 0.496 e. The van der Waals surface area contributed by atoms with Crippen LogP contribution in [-0.4, -0.2) is 31.7 Å². The summed E-state index contributed by atoms with van der Waals surface area (Å²) >= 11 is 1.43. The summed E-state index contributed by atoms with van der Waals surface area (Å²) in [5.74, 6) is 0.856. The second kappa shape index (κ2) is 11.4. The first kappa shape index (κ1) is 24.1. The molecule has 0 spiro atoms. The number of carbonyl (C=O) groups is 2. The molecule has 35 heavy (non-hydrogen) atoms. The molecule has 0 aromatic heterocycles. The quantitative estimate of drug-likeness (QED) is 0.215. The van der Waals surface area contributed by atoms with Crippen molar-refractivity contribution in [2.75, 3.05) is 25.3 Å². The highest BCUT2D eigenvalue weighted by Crippen LogP contribution is 2.30. The Labute approximate surface area is 209 Å². The number of hydrogen-bond donors (Lipinski definition) is 1. The lowest BCUT2D eigenvalue weighted by molar-refractivity contribution is 0.101. The molecule has 0 aliphatic heterocycles. The van der Waals surface area contributed by atoms with Crippen LogP contribution in [0.15, 0.2) is 102 Å². The fourth-order valence-electron chi connectivity index (χ4n) is 3.64. The van der Waals surface area contributed by atoms with Gasteiger partial charge in [-0.3, -0.25) is 9.59 Å². The molecule has 0 atom stereocenters. The third-order valence-electron chi connectivity index (χ3n) is 5.43. The summed E-state index contributed by atoms with van der Waals surface area (Å²) in [5, 5.41) is 2.89. The number of carbonyl (C=O) groups excluding carboxylic acids is 2. The van der Waals surface area contributed by atoms with Crippen LogP contribution in [-0.2, 0) is 0 Å². The topological polar surface area (TPSA) is 64.6 Å². The zero-order valence-electron chi connectivity index (χ0n) is 19.5. The Hall–Kier alpha value is -4.03. The zero-order chi connectivity index (χ0) is 24.6. The molecule has 0 aliphatic rings. The summed E-state index contributed by atoms with van der Waals surface area (Å²) in [6, 6.07) is 30.3. The van der Waals surface area contributed by atoms with Crippen LogP contribution < -0.4 is 14.8 Å². The van der Waals surface area contributed by atoms with Crippen LogP contribution >= 0.6 is 11.8 Å². The van der Waals surface area contributed by atoms with Crippen LogP contribution in [0, 0.1) is 0 Å². The van der Waals surface area contributed by atoms with E-state index < -0.39 is 0 Å². The van der Waals surface area contributed by atoms with Crippen LogP contribution in [0.2, 0.25) is 0 Å². The maximum Gasteiger partial charge on any atom is 0.263 e. The van der Waals surface area contributed by atoms with Crippen LogP contribution in [0.5, 0.6) is 11.5 Å². The number of Topliss-reactive ketones (excluding diaryl/α,β-unsaturated/α-hetero) is 1. The molecule has 0 bridgehead atoms. The summed E-state index contributed by atoms with van der Waals surface area (Å²) < 4.78 is 10.7. The van der Waals surface area contributed by atoms with Crippen molar-refractivity contribution in [3.63, 3.8) is 0 Å². The van der Waals surface area contributed by atoms with Gasteiger partial charge in [0.1, 0.15) is 17.1 Å². The van der Waals surface area contributed by atoms with Crippen LogP contribution in [0.3, 0.4) is 0 Å². The minimum absolute atomic E-state index is 0.0443. The number of nitrogens with one attached hydrogen (secondary N) is 1.